The normalized spacial score (nSPS) is 11.3. The second-order valence-electron chi connectivity index (χ2n) is 4.19. The molecular formula is C14H9F4NOS. The van der Waals surface area contributed by atoms with Crippen LogP contribution in [0.5, 0.6) is 0 Å². The molecule has 2 rings (SSSR count). The van der Waals surface area contributed by atoms with Crippen LogP contribution in [0.15, 0.2) is 47.4 Å². The predicted octanol–water partition coefficient (Wildman–Crippen LogP) is 4.39. The third-order valence-electron chi connectivity index (χ3n) is 2.67. The number of alkyl halides is 3. The largest absolute Gasteiger partial charge is 0.416 e. The Labute approximate surface area is 123 Å². The summed E-state index contributed by atoms with van der Waals surface area (Å²) in [4.78, 5) is 12.5. The van der Waals surface area contributed by atoms with Gasteiger partial charge in [0.05, 0.1) is 11.3 Å². The zero-order valence-corrected chi connectivity index (χ0v) is 11.3. The Balaban J connectivity index is 2.26. The molecule has 0 radical (unpaired) electrons. The molecule has 2 nitrogen and oxygen atoms in total. The first-order valence-electron chi connectivity index (χ1n) is 5.74. The highest BCUT2D eigenvalue weighted by Crippen LogP contribution is 2.31. The van der Waals surface area contributed by atoms with Crippen LogP contribution in [0, 0.1) is 5.82 Å². The van der Waals surface area contributed by atoms with Crippen LogP contribution in [0.1, 0.15) is 15.9 Å². The number of hydrogen-bond donors (Lipinski definition) is 2. The minimum atomic E-state index is -4.61. The van der Waals surface area contributed by atoms with Crippen LogP contribution in [0.2, 0.25) is 0 Å². The molecule has 0 unspecified atom stereocenters. The van der Waals surface area contributed by atoms with Gasteiger partial charge in [0.2, 0.25) is 0 Å². The molecule has 0 saturated heterocycles. The van der Waals surface area contributed by atoms with Gasteiger partial charge in [-0.05, 0) is 42.5 Å². The summed E-state index contributed by atoms with van der Waals surface area (Å²) in [5, 5.41) is 2.12. The van der Waals surface area contributed by atoms with Gasteiger partial charge in [-0.2, -0.15) is 13.2 Å². The standard InChI is InChI=1S/C14H9F4NOS/c15-11-6-3-9(14(16,17)18)7-12(11)19-13(20)8-1-4-10(21)5-2-8/h1-7,21H,(H,19,20). The lowest BCUT2D eigenvalue weighted by atomic mass is 10.1. The number of carbonyl (C=O) groups is 1. The number of amides is 1. The first-order chi connectivity index (χ1) is 9.77. The lowest BCUT2D eigenvalue weighted by molar-refractivity contribution is -0.137. The summed E-state index contributed by atoms with van der Waals surface area (Å²) in [5.74, 6) is -1.65. The molecule has 110 valence electrons. The number of halogens is 4. The van der Waals surface area contributed by atoms with Crippen LogP contribution >= 0.6 is 12.6 Å². The molecule has 1 amide bonds. The Morgan fingerprint density at radius 1 is 1.05 bits per heavy atom. The minimum Gasteiger partial charge on any atom is -0.319 e. The molecule has 2 aromatic rings. The molecule has 0 aromatic heterocycles. The fourth-order valence-electron chi connectivity index (χ4n) is 1.60. The number of thiol groups is 1. The number of anilines is 1. The van der Waals surface area contributed by atoms with Gasteiger partial charge in [-0.15, -0.1) is 12.6 Å². The van der Waals surface area contributed by atoms with E-state index in [2.05, 4.69) is 17.9 Å². The fourth-order valence-corrected chi connectivity index (χ4v) is 1.75. The van der Waals surface area contributed by atoms with Gasteiger partial charge in [-0.1, -0.05) is 0 Å². The topological polar surface area (TPSA) is 29.1 Å². The van der Waals surface area contributed by atoms with E-state index in [9.17, 15) is 22.4 Å². The molecule has 0 spiro atoms. The number of hydrogen-bond acceptors (Lipinski definition) is 2. The minimum absolute atomic E-state index is 0.185. The molecular weight excluding hydrogens is 306 g/mol. The Morgan fingerprint density at radius 2 is 1.67 bits per heavy atom. The van der Waals surface area contributed by atoms with E-state index in [-0.39, 0.29) is 5.56 Å². The van der Waals surface area contributed by atoms with Crippen LogP contribution in [-0.2, 0) is 6.18 Å². The van der Waals surface area contributed by atoms with Gasteiger partial charge in [0.25, 0.3) is 5.91 Å². The summed E-state index contributed by atoms with van der Waals surface area (Å²) in [6.07, 6.45) is -4.61. The Bertz CT molecular complexity index is 668. The second kappa shape index (κ2) is 5.77. The van der Waals surface area contributed by atoms with Gasteiger partial charge in [0, 0.05) is 10.5 Å². The number of carbonyl (C=O) groups excluding carboxylic acids is 1. The zero-order valence-electron chi connectivity index (χ0n) is 10.4. The van der Waals surface area contributed by atoms with Gasteiger partial charge >= 0.3 is 6.18 Å². The average Bonchev–Trinajstić information content (AvgIpc) is 2.40. The molecule has 0 aliphatic carbocycles. The van der Waals surface area contributed by atoms with E-state index in [1.165, 1.54) is 12.1 Å². The lowest BCUT2D eigenvalue weighted by Crippen LogP contribution is -2.14. The smallest absolute Gasteiger partial charge is 0.319 e. The molecule has 0 heterocycles. The van der Waals surface area contributed by atoms with Crippen LogP contribution in [0.4, 0.5) is 23.2 Å². The van der Waals surface area contributed by atoms with Gasteiger partial charge < -0.3 is 5.32 Å². The molecule has 0 aliphatic heterocycles. The first-order valence-corrected chi connectivity index (χ1v) is 6.19. The Morgan fingerprint density at radius 3 is 2.24 bits per heavy atom. The number of nitrogens with one attached hydrogen (secondary N) is 1. The molecule has 0 bridgehead atoms. The van der Waals surface area contributed by atoms with E-state index in [4.69, 9.17) is 0 Å². The van der Waals surface area contributed by atoms with Crippen molar-refractivity contribution in [2.45, 2.75) is 11.1 Å². The lowest BCUT2D eigenvalue weighted by Gasteiger charge is -2.11. The van der Waals surface area contributed by atoms with Gasteiger partial charge in [0.1, 0.15) is 5.82 Å². The number of benzene rings is 2. The summed E-state index contributed by atoms with van der Waals surface area (Å²) in [5.41, 5.74) is -1.38. The maximum atomic E-state index is 13.5. The van der Waals surface area contributed by atoms with Crippen molar-refractivity contribution in [3.8, 4) is 0 Å². The van der Waals surface area contributed by atoms with Gasteiger partial charge in [-0.3, -0.25) is 4.79 Å². The summed E-state index contributed by atoms with van der Waals surface area (Å²) in [7, 11) is 0. The van der Waals surface area contributed by atoms with Crippen LogP contribution in [-0.4, -0.2) is 5.91 Å². The highest BCUT2D eigenvalue weighted by Gasteiger charge is 2.31. The predicted molar refractivity (Wildman–Crippen MR) is 73.0 cm³/mol. The van der Waals surface area contributed by atoms with Crippen LogP contribution in [0.3, 0.4) is 0 Å². The van der Waals surface area contributed by atoms with E-state index in [1.54, 1.807) is 12.1 Å². The van der Waals surface area contributed by atoms with Crippen molar-refractivity contribution in [3.63, 3.8) is 0 Å². The van der Waals surface area contributed by atoms with E-state index in [1.807, 2.05) is 0 Å². The van der Waals surface area contributed by atoms with Gasteiger partial charge in [0.15, 0.2) is 0 Å². The molecule has 21 heavy (non-hydrogen) atoms. The van der Waals surface area contributed by atoms with Crippen molar-refractivity contribution in [2.75, 3.05) is 5.32 Å². The van der Waals surface area contributed by atoms with E-state index >= 15 is 0 Å². The second-order valence-corrected chi connectivity index (χ2v) is 4.71. The van der Waals surface area contributed by atoms with E-state index < -0.39 is 29.2 Å². The molecule has 0 saturated carbocycles. The molecule has 0 fully saturated rings. The highest BCUT2D eigenvalue weighted by molar-refractivity contribution is 7.80. The highest BCUT2D eigenvalue weighted by atomic mass is 32.1. The quantitative estimate of drug-likeness (QED) is 0.625. The summed E-state index contributed by atoms with van der Waals surface area (Å²) < 4.78 is 51.2. The van der Waals surface area contributed by atoms with E-state index in [0.717, 1.165) is 0 Å². The SMILES string of the molecule is O=C(Nc1cc(C(F)(F)F)ccc1F)c1ccc(S)cc1. The van der Waals surface area contributed by atoms with Gasteiger partial charge in [-0.25, -0.2) is 4.39 Å². The third-order valence-corrected chi connectivity index (χ3v) is 2.97. The molecule has 2 aromatic carbocycles. The molecule has 7 heteroatoms. The van der Waals surface area contributed by atoms with Crippen molar-refractivity contribution >= 4 is 24.2 Å². The molecule has 0 aliphatic rings. The average molecular weight is 315 g/mol. The van der Waals surface area contributed by atoms with Crippen molar-refractivity contribution in [1.82, 2.24) is 0 Å². The van der Waals surface area contributed by atoms with Crippen molar-refractivity contribution in [1.29, 1.82) is 0 Å². The zero-order chi connectivity index (χ0) is 15.6. The third kappa shape index (κ3) is 3.75. The van der Waals surface area contributed by atoms with Crippen molar-refractivity contribution in [3.05, 3.63) is 59.4 Å². The maximum Gasteiger partial charge on any atom is 0.416 e. The van der Waals surface area contributed by atoms with E-state index in [0.29, 0.717) is 23.1 Å². The number of rotatable bonds is 2. The Hall–Kier alpha value is -2.02. The molecule has 1 N–H and O–H groups in total. The Kier molecular flexibility index (Phi) is 4.22. The van der Waals surface area contributed by atoms with Crippen molar-refractivity contribution in [2.24, 2.45) is 0 Å². The monoisotopic (exact) mass is 315 g/mol. The summed E-state index contributed by atoms with van der Waals surface area (Å²) in [6.45, 7) is 0. The molecule has 0 atom stereocenters. The van der Waals surface area contributed by atoms with Crippen molar-refractivity contribution < 1.29 is 22.4 Å². The summed E-state index contributed by atoms with van der Waals surface area (Å²) >= 11 is 4.04. The van der Waals surface area contributed by atoms with Crippen LogP contribution in [0.25, 0.3) is 0 Å². The van der Waals surface area contributed by atoms with Crippen LogP contribution < -0.4 is 5.32 Å². The fraction of sp³-hybridized carbons (Fsp3) is 0.0714. The maximum absolute atomic E-state index is 13.5. The summed E-state index contributed by atoms with van der Waals surface area (Å²) in [6, 6.07) is 7.78. The first kappa shape index (κ1) is 15.4.